The number of pyridine rings is 3. The standard InChI is InChI=1S/C26H25FN8O/c1-14-5-7-35-19(13-30-25(35)23(14)27)24-16-10-31-26(36)22(16)17(11-29-24)32-20-3-2-4-21(33-20)34-8-6-15-9-28-12-18(15)34/h2-5,7,11,13,15,18,28H,6,8-10,12H2,1H3,(H,31,36)(H,32,33). The summed E-state index contributed by atoms with van der Waals surface area (Å²) in [5.41, 5.74) is 3.87. The van der Waals surface area contributed by atoms with Crippen LogP contribution in [0.4, 0.5) is 21.7 Å². The molecule has 10 heteroatoms. The normalized spacial score (nSPS) is 20.6. The molecule has 0 aromatic carbocycles. The van der Waals surface area contributed by atoms with E-state index in [0.29, 0.717) is 52.5 Å². The molecule has 0 bridgehead atoms. The Balaban J connectivity index is 1.25. The number of aromatic nitrogens is 4. The molecule has 1 amide bonds. The number of imidazole rings is 1. The smallest absolute Gasteiger partial charge is 0.254 e. The van der Waals surface area contributed by atoms with E-state index in [-0.39, 0.29) is 17.4 Å². The molecule has 36 heavy (non-hydrogen) atoms. The number of anilines is 3. The first kappa shape index (κ1) is 21.3. The predicted octanol–water partition coefficient (Wildman–Crippen LogP) is 3.02. The van der Waals surface area contributed by atoms with Crippen LogP contribution in [0.2, 0.25) is 0 Å². The molecule has 182 valence electrons. The van der Waals surface area contributed by atoms with Crippen LogP contribution >= 0.6 is 0 Å². The third kappa shape index (κ3) is 3.17. The lowest BCUT2D eigenvalue weighted by atomic mass is 10.1. The molecular formula is C26H25FN8O. The Kier molecular flexibility index (Phi) is 4.72. The van der Waals surface area contributed by atoms with Gasteiger partial charge in [-0.15, -0.1) is 0 Å². The minimum Gasteiger partial charge on any atom is -0.352 e. The summed E-state index contributed by atoms with van der Waals surface area (Å²) < 4.78 is 16.3. The Labute approximate surface area is 206 Å². The molecule has 2 atom stereocenters. The zero-order valence-electron chi connectivity index (χ0n) is 19.8. The number of nitrogens with one attached hydrogen (secondary N) is 3. The van der Waals surface area contributed by atoms with Gasteiger partial charge in [-0.1, -0.05) is 6.07 Å². The summed E-state index contributed by atoms with van der Waals surface area (Å²) in [6, 6.07) is 8.10. The van der Waals surface area contributed by atoms with Crippen LogP contribution in [0.15, 0.2) is 42.9 Å². The topological polar surface area (TPSA) is 99.5 Å². The Morgan fingerprint density at radius 3 is 3.00 bits per heavy atom. The number of carbonyl (C=O) groups is 1. The van der Waals surface area contributed by atoms with E-state index >= 15 is 0 Å². The highest BCUT2D eigenvalue weighted by Gasteiger charge is 2.38. The molecule has 9 nitrogen and oxygen atoms in total. The highest BCUT2D eigenvalue weighted by molar-refractivity contribution is 6.05. The number of nitrogens with zero attached hydrogens (tertiary/aromatic N) is 5. The van der Waals surface area contributed by atoms with Gasteiger partial charge in [0, 0.05) is 44.0 Å². The van der Waals surface area contributed by atoms with Crippen molar-refractivity contribution in [3.8, 4) is 11.4 Å². The van der Waals surface area contributed by atoms with Crippen molar-refractivity contribution in [1.29, 1.82) is 0 Å². The molecule has 2 saturated heterocycles. The minimum atomic E-state index is -0.364. The summed E-state index contributed by atoms with van der Waals surface area (Å²) in [6.07, 6.45) is 6.19. The van der Waals surface area contributed by atoms with Gasteiger partial charge >= 0.3 is 0 Å². The Hall–Kier alpha value is -4.05. The average molecular weight is 485 g/mol. The van der Waals surface area contributed by atoms with Gasteiger partial charge in [0.2, 0.25) is 0 Å². The fourth-order valence-electron chi connectivity index (χ4n) is 5.77. The number of aryl methyl sites for hydroxylation is 1. The van der Waals surface area contributed by atoms with Crippen LogP contribution in [0, 0.1) is 18.7 Å². The molecule has 3 aliphatic heterocycles. The van der Waals surface area contributed by atoms with Crippen LogP contribution in [0.25, 0.3) is 17.0 Å². The molecule has 3 N–H and O–H groups in total. The number of rotatable bonds is 4. The molecule has 4 aromatic rings. The molecule has 2 unspecified atom stereocenters. The molecular weight excluding hydrogens is 459 g/mol. The highest BCUT2D eigenvalue weighted by atomic mass is 19.1. The Morgan fingerprint density at radius 2 is 2.08 bits per heavy atom. The number of fused-ring (bicyclic) bond motifs is 3. The number of carbonyl (C=O) groups excluding carboxylic acids is 1. The van der Waals surface area contributed by atoms with E-state index in [0.717, 1.165) is 31.0 Å². The second-order valence-electron chi connectivity index (χ2n) is 9.68. The summed E-state index contributed by atoms with van der Waals surface area (Å²) >= 11 is 0. The molecule has 2 fully saturated rings. The quantitative estimate of drug-likeness (QED) is 0.410. The summed E-state index contributed by atoms with van der Waals surface area (Å²) in [5, 5.41) is 9.71. The lowest BCUT2D eigenvalue weighted by Crippen LogP contribution is -2.34. The van der Waals surface area contributed by atoms with Crippen LogP contribution in [-0.4, -0.2) is 50.9 Å². The monoisotopic (exact) mass is 484 g/mol. The fraction of sp³-hybridized carbons (Fsp3) is 0.308. The van der Waals surface area contributed by atoms with Crippen molar-refractivity contribution in [3.05, 3.63) is 65.4 Å². The first-order valence-corrected chi connectivity index (χ1v) is 12.2. The highest BCUT2D eigenvalue weighted by Crippen LogP contribution is 2.35. The number of halogens is 1. The van der Waals surface area contributed by atoms with Crippen molar-refractivity contribution < 1.29 is 9.18 Å². The molecule has 0 saturated carbocycles. The predicted molar refractivity (Wildman–Crippen MR) is 134 cm³/mol. The Bertz CT molecular complexity index is 1530. The summed E-state index contributed by atoms with van der Waals surface area (Å²) in [4.78, 5) is 29.1. The third-order valence-electron chi connectivity index (χ3n) is 7.62. The Morgan fingerprint density at radius 1 is 1.17 bits per heavy atom. The molecule has 0 radical (unpaired) electrons. The van der Waals surface area contributed by atoms with Gasteiger partial charge in [0.1, 0.15) is 11.6 Å². The van der Waals surface area contributed by atoms with Crippen molar-refractivity contribution in [2.75, 3.05) is 29.9 Å². The molecule has 7 heterocycles. The van der Waals surface area contributed by atoms with E-state index in [9.17, 15) is 9.18 Å². The molecule has 0 spiro atoms. The largest absolute Gasteiger partial charge is 0.352 e. The first-order chi connectivity index (χ1) is 17.6. The SMILES string of the molecule is Cc1ccn2c(-c3ncc(Nc4cccc(N5CCC6CNCC65)n4)c4c3CNC4=O)cnc2c1F. The number of amides is 1. The maximum absolute atomic E-state index is 14.6. The summed E-state index contributed by atoms with van der Waals surface area (Å²) in [6.45, 7) is 5.09. The van der Waals surface area contributed by atoms with Crippen LogP contribution in [0.1, 0.15) is 27.9 Å². The maximum atomic E-state index is 14.6. The van der Waals surface area contributed by atoms with Crippen LogP contribution in [-0.2, 0) is 6.54 Å². The first-order valence-electron chi connectivity index (χ1n) is 12.2. The van der Waals surface area contributed by atoms with Crippen molar-refractivity contribution in [1.82, 2.24) is 30.0 Å². The van der Waals surface area contributed by atoms with Gasteiger partial charge < -0.3 is 20.9 Å². The molecule has 3 aliphatic rings. The van der Waals surface area contributed by atoms with Crippen LogP contribution < -0.4 is 20.9 Å². The van der Waals surface area contributed by atoms with Crippen molar-refractivity contribution in [3.63, 3.8) is 0 Å². The van der Waals surface area contributed by atoms with E-state index in [1.807, 2.05) is 18.2 Å². The van der Waals surface area contributed by atoms with Crippen LogP contribution in [0.3, 0.4) is 0 Å². The summed E-state index contributed by atoms with van der Waals surface area (Å²) in [7, 11) is 0. The maximum Gasteiger partial charge on any atom is 0.254 e. The van der Waals surface area contributed by atoms with E-state index in [1.54, 1.807) is 36.0 Å². The molecule has 0 aliphatic carbocycles. The van der Waals surface area contributed by atoms with E-state index in [1.165, 1.54) is 6.42 Å². The lowest BCUT2D eigenvalue weighted by molar-refractivity contribution is 0.0966. The van der Waals surface area contributed by atoms with Gasteiger partial charge in [0.15, 0.2) is 11.5 Å². The van der Waals surface area contributed by atoms with Gasteiger partial charge in [-0.05, 0) is 43.0 Å². The molecule has 7 rings (SSSR count). The van der Waals surface area contributed by atoms with Crippen molar-refractivity contribution >= 4 is 28.9 Å². The van der Waals surface area contributed by atoms with Crippen LogP contribution in [0.5, 0.6) is 0 Å². The van der Waals surface area contributed by atoms with Gasteiger partial charge in [-0.2, -0.15) is 0 Å². The minimum absolute atomic E-state index is 0.178. The van der Waals surface area contributed by atoms with E-state index < -0.39 is 0 Å². The average Bonchev–Trinajstić information content (AvgIpc) is 3.66. The number of hydrogen-bond donors (Lipinski definition) is 3. The zero-order chi connectivity index (χ0) is 24.4. The van der Waals surface area contributed by atoms with Gasteiger partial charge in [-0.25, -0.2) is 14.4 Å². The number of hydrogen-bond acceptors (Lipinski definition) is 7. The third-order valence-corrected chi connectivity index (χ3v) is 7.62. The van der Waals surface area contributed by atoms with Gasteiger partial charge in [-0.3, -0.25) is 14.2 Å². The van der Waals surface area contributed by atoms with Crippen molar-refractivity contribution in [2.45, 2.75) is 25.9 Å². The second-order valence-corrected chi connectivity index (χ2v) is 9.68. The van der Waals surface area contributed by atoms with E-state index in [4.69, 9.17) is 4.98 Å². The van der Waals surface area contributed by atoms with Gasteiger partial charge in [0.05, 0.1) is 35.0 Å². The van der Waals surface area contributed by atoms with Crippen molar-refractivity contribution in [2.24, 2.45) is 5.92 Å². The zero-order valence-corrected chi connectivity index (χ0v) is 19.8. The van der Waals surface area contributed by atoms with E-state index in [2.05, 4.69) is 30.8 Å². The fourth-order valence-corrected chi connectivity index (χ4v) is 5.77. The second kappa shape index (κ2) is 7.99. The molecule has 4 aromatic heterocycles. The summed E-state index contributed by atoms with van der Waals surface area (Å²) in [5.74, 6) is 1.72. The lowest BCUT2D eigenvalue weighted by Gasteiger charge is -2.25. The van der Waals surface area contributed by atoms with Gasteiger partial charge in [0.25, 0.3) is 5.91 Å².